The number of rotatable bonds is 8. The average Bonchev–Trinajstić information content (AvgIpc) is 2.60. The van der Waals surface area contributed by atoms with Crippen molar-refractivity contribution in [2.24, 2.45) is 5.92 Å². The van der Waals surface area contributed by atoms with Gasteiger partial charge in [-0.25, -0.2) is 13.1 Å². The first-order valence-corrected chi connectivity index (χ1v) is 11.2. The van der Waals surface area contributed by atoms with Gasteiger partial charge >= 0.3 is 0 Å². The van der Waals surface area contributed by atoms with Crippen molar-refractivity contribution in [1.29, 1.82) is 0 Å². The fourth-order valence-electron chi connectivity index (χ4n) is 3.28. The van der Waals surface area contributed by atoms with Crippen LogP contribution < -0.4 is 10.0 Å². The summed E-state index contributed by atoms with van der Waals surface area (Å²) in [6.45, 7) is 8.89. The lowest BCUT2D eigenvalue weighted by Gasteiger charge is -2.29. The molecule has 2 N–H and O–H groups in total. The molecule has 142 valence electrons. The van der Waals surface area contributed by atoms with E-state index in [1.54, 1.807) is 13.8 Å². The molecule has 0 spiro atoms. The number of nitrogens with one attached hydrogen (secondary N) is 2. The Morgan fingerprint density at radius 1 is 1.04 bits per heavy atom. The highest BCUT2D eigenvalue weighted by atomic mass is 32.2. The van der Waals surface area contributed by atoms with Crippen molar-refractivity contribution >= 4 is 15.7 Å². The number of hydrogen-bond donors (Lipinski definition) is 2. The SMILES string of the molecule is CCC(C)c1ccc(NCC2CCC(NS(=O)(=O)C(C)C)CC2)cc1. The Labute approximate surface area is 153 Å². The van der Waals surface area contributed by atoms with Gasteiger partial charge in [-0.1, -0.05) is 26.0 Å². The molecule has 1 aliphatic rings. The van der Waals surface area contributed by atoms with Crippen LogP contribution in [0.2, 0.25) is 0 Å². The number of hydrogen-bond acceptors (Lipinski definition) is 3. The Balaban J connectivity index is 1.75. The van der Waals surface area contributed by atoms with Crippen LogP contribution in [0.1, 0.15) is 71.3 Å². The van der Waals surface area contributed by atoms with Gasteiger partial charge in [0.15, 0.2) is 0 Å². The minimum atomic E-state index is -3.15. The fourth-order valence-corrected chi connectivity index (χ4v) is 4.25. The molecule has 0 aliphatic heterocycles. The maximum atomic E-state index is 12.0. The Bertz CT molecular complexity index is 618. The van der Waals surface area contributed by atoms with Crippen molar-refractivity contribution in [3.63, 3.8) is 0 Å². The van der Waals surface area contributed by atoms with Crippen LogP contribution >= 0.6 is 0 Å². The van der Waals surface area contributed by atoms with Crippen LogP contribution in [0.3, 0.4) is 0 Å². The highest BCUT2D eigenvalue weighted by Crippen LogP contribution is 2.26. The molecule has 4 nitrogen and oxygen atoms in total. The molecule has 0 aromatic heterocycles. The summed E-state index contributed by atoms with van der Waals surface area (Å²) in [6.07, 6.45) is 5.18. The normalized spacial score (nSPS) is 22.8. The molecule has 0 radical (unpaired) electrons. The van der Waals surface area contributed by atoms with Crippen LogP contribution in [0.15, 0.2) is 24.3 Å². The second-order valence-corrected chi connectivity index (χ2v) is 10.0. The van der Waals surface area contributed by atoms with E-state index in [1.165, 1.54) is 11.3 Å². The minimum Gasteiger partial charge on any atom is -0.385 e. The van der Waals surface area contributed by atoms with Crippen LogP contribution in [-0.2, 0) is 10.0 Å². The highest BCUT2D eigenvalue weighted by molar-refractivity contribution is 7.90. The summed E-state index contributed by atoms with van der Waals surface area (Å²) in [5.41, 5.74) is 2.57. The summed E-state index contributed by atoms with van der Waals surface area (Å²) in [4.78, 5) is 0. The molecular formula is C20H34N2O2S. The van der Waals surface area contributed by atoms with E-state index in [1.807, 2.05) is 0 Å². The van der Waals surface area contributed by atoms with Crippen LogP contribution in [0.4, 0.5) is 5.69 Å². The van der Waals surface area contributed by atoms with Gasteiger partial charge in [0.25, 0.3) is 0 Å². The molecular weight excluding hydrogens is 332 g/mol. The second-order valence-electron chi connectivity index (χ2n) is 7.74. The average molecular weight is 367 g/mol. The Hall–Kier alpha value is -1.07. The van der Waals surface area contributed by atoms with Crippen LogP contribution in [0.25, 0.3) is 0 Å². The van der Waals surface area contributed by atoms with Crippen LogP contribution in [-0.4, -0.2) is 26.3 Å². The minimum absolute atomic E-state index is 0.110. The molecule has 0 heterocycles. The second kappa shape index (κ2) is 9.04. The summed E-state index contributed by atoms with van der Waals surface area (Å²) in [5.74, 6) is 1.23. The first kappa shape index (κ1) is 20.2. The van der Waals surface area contributed by atoms with Gasteiger partial charge in [0.05, 0.1) is 5.25 Å². The maximum Gasteiger partial charge on any atom is 0.214 e. The van der Waals surface area contributed by atoms with Crippen molar-refractivity contribution in [3.05, 3.63) is 29.8 Å². The van der Waals surface area contributed by atoms with Crippen LogP contribution in [0.5, 0.6) is 0 Å². The first-order chi connectivity index (χ1) is 11.8. The van der Waals surface area contributed by atoms with Crippen molar-refractivity contribution in [2.45, 2.75) is 77.0 Å². The molecule has 0 saturated heterocycles. The molecule has 2 rings (SSSR count). The van der Waals surface area contributed by atoms with E-state index in [9.17, 15) is 8.42 Å². The molecule has 1 aliphatic carbocycles. The third kappa shape index (κ3) is 6.00. The van der Waals surface area contributed by atoms with Gasteiger partial charge in [0.1, 0.15) is 0 Å². The van der Waals surface area contributed by atoms with E-state index in [0.717, 1.165) is 38.6 Å². The quantitative estimate of drug-likeness (QED) is 0.712. The summed E-state index contributed by atoms with van der Waals surface area (Å²) in [5, 5.41) is 3.18. The molecule has 25 heavy (non-hydrogen) atoms. The van der Waals surface area contributed by atoms with Crippen molar-refractivity contribution in [3.8, 4) is 0 Å². The van der Waals surface area contributed by atoms with Gasteiger partial charge in [-0.3, -0.25) is 0 Å². The van der Waals surface area contributed by atoms with Gasteiger partial charge in [0.2, 0.25) is 10.0 Å². The standard InChI is InChI=1S/C20H34N2O2S/c1-5-16(4)18-8-12-19(13-9-18)21-14-17-6-10-20(11-7-17)22-25(23,24)15(2)3/h8-9,12-13,15-17,20-22H,5-7,10-11,14H2,1-4H3. The Morgan fingerprint density at radius 2 is 1.64 bits per heavy atom. The monoisotopic (exact) mass is 366 g/mol. The van der Waals surface area contributed by atoms with Gasteiger partial charge in [0, 0.05) is 18.3 Å². The predicted molar refractivity (Wildman–Crippen MR) is 107 cm³/mol. The number of anilines is 1. The van der Waals surface area contributed by atoms with E-state index >= 15 is 0 Å². The molecule has 1 saturated carbocycles. The van der Waals surface area contributed by atoms with E-state index < -0.39 is 10.0 Å². The van der Waals surface area contributed by atoms with Crippen molar-refractivity contribution in [1.82, 2.24) is 4.72 Å². The molecule has 1 atom stereocenters. The van der Waals surface area contributed by atoms with E-state index in [-0.39, 0.29) is 11.3 Å². The molecule has 1 aromatic rings. The van der Waals surface area contributed by atoms with Gasteiger partial charge in [-0.15, -0.1) is 0 Å². The summed E-state index contributed by atoms with van der Waals surface area (Å²) < 4.78 is 26.8. The predicted octanol–water partition coefficient (Wildman–Crippen LogP) is 4.50. The molecule has 0 amide bonds. The molecule has 1 fully saturated rings. The maximum absolute atomic E-state index is 12.0. The lowest BCUT2D eigenvalue weighted by molar-refractivity contribution is 0.323. The Kier molecular flexibility index (Phi) is 7.32. The highest BCUT2D eigenvalue weighted by Gasteiger charge is 2.26. The zero-order valence-corrected chi connectivity index (χ0v) is 16.9. The summed E-state index contributed by atoms with van der Waals surface area (Å²) in [6, 6.07) is 8.88. The smallest absolute Gasteiger partial charge is 0.214 e. The molecule has 1 unspecified atom stereocenters. The zero-order valence-electron chi connectivity index (χ0n) is 16.1. The van der Waals surface area contributed by atoms with Gasteiger partial charge in [-0.2, -0.15) is 0 Å². The van der Waals surface area contributed by atoms with Gasteiger partial charge < -0.3 is 5.32 Å². The molecule has 0 bridgehead atoms. The molecule has 5 heteroatoms. The zero-order chi connectivity index (χ0) is 18.4. The number of sulfonamides is 1. The summed E-state index contributed by atoms with van der Waals surface area (Å²) >= 11 is 0. The third-order valence-corrected chi connectivity index (χ3v) is 7.39. The lowest BCUT2D eigenvalue weighted by atomic mass is 9.86. The summed E-state index contributed by atoms with van der Waals surface area (Å²) in [7, 11) is -3.15. The van der Waals surface area contributed by atoms with E-state index in [0.29, 0.717) is 11.8 Å². The van der Waals surface area contributed by atoms with Gasteiger partial charge in [-0.05, 0) is 75.5 Å². The Morgan fingerprint density at radius 3 is 2.16 bits per heavy atom. The third-order valence-electron chi connectivity index (χ3n) is 5.49. The molecule has 1 aromatic carbocycles. The first-order valence-electron chi connectivity index (χ1n) is 9.66. The lowest BCUT2D eigenvalue weighted by Crippen LogP contribution is -2.41. The van der Waals surface area contributed by atoms with E-state index in [4.69, 9.17) is 0 Å². The van der Waals surface area contributed by atoms with Crippen molar-refractivity contribution in [2.75, 3.05) is 11.9 Å². The van der Waals surface area contributed by atoms with E-state index in [2.05, 4.69) is 48.2 Å². The largest absolute Gasteiger partial charge is 0.385 e. The fraction of sp³-hybridized carbons (Fsp3) is 0.700. The topological polar surface area (TPSA) is 58.2 Å². The van der Waals surface area contributed by atoms with Crippen LogP contribution in [0, 0.1) is 5.92 Å². The van der Waals surface area contributed by atoms with Crippen molar-refractivity contribution < 1.29 is 8.42 Å². The number of benzene rings is 1.